The Kier molecular flexibility index (Phi) is 5.25. The molecule has 0 spiro atoms. The maximum atomic E-state index is 12.5. The van der Waals surface area contributed by atoms with Gasteiger partial charge in [0.05, 0.1) is 11.7 Å². The average molecular weight is 454 g/mol. The van der Waals surface area contributed by atoms with Gasteiger partial charge in [-0.2, -0.15) is 0 Å². The Morgan fingerprint density at radius 2 is 1.46 bits per heavy atom. The molecule has 1 unspecified atom stereocenters. The number of hydrogen-bond donors (Lipinski definition) is 2. The van der Waals surface area contributed by atoms with Crippen molar-refractivity contribution in [3.05, 3.63) is 105 Å². The predicted molar refractivity (Wildman–Crippen MR) is 118 cm³/mol. The van der Waals surface area contributed by atoms with E-state index >= 15 is 0 Å². The summed E-state index contributed by atoms with van der Waals surface area (Å²) in [6.07, 6.45) is 0. The minimum atomic E-state index is -0.288. The molecule has 1 aliphatic rings. The maximum absolute atomic E-state index is 12.5. The average Bonchev–Trinajstić information content (AvgIpc) is 2.69. The molecule has 0 aromatic heterocycles. The third-order valence-electron chi connectivity index (χ3n) is 4.77. The third kappa shape index (κ3) is 3.84. The van der Waals surface area contributed by atoms with E-state index in [9.17, 15) is 4.79 Å². The molecule has 2 amide bonds. The smallest absolute Gasteiger partial charge is 0.320 e. The van der Waals surface area contributed by atoms with Crippen LogP contribution in [0.25, 0.3) is 11.3 Å². The van der Waals surface area contributed by atoms with Crippen molar-refractivity contribution in [3.63, 3.8) is 0 Å². The van der Waals surface area contributed by atoms with Crippen molar-refractivity contribution in [1.29, 1.82) is 0 Å². The van der Waals surface area contributed by atoms with E-state index in [-0.39, 0.29) is 12.1 Å². The summed E-state index contributed by atoms with van der Waals surface area (Å²) in [7, 11) is 0. The van der Waals surface area contributed by atoms with E-state index in [1.807, 2.05) is 67.6 Å². The predicted octanol–water partition coefficient (Wildman–Crippen LogP) is 6.33. The van der Waals surface area contributed by atoms with Gasteiger partial charge in [-0.25, -0.2) is 4.79 Å². The molecule has 4 rings (SSSR count). The molecule has 0 radical (unpaired) electrons. The summed E-state index contributed by atoms with van der Waals surface area (Å²) >= 11 is 9.57. The Hall–Kier alpha value is -2.56. The zero-order valence-corrected chi connectivity index (χ0v) is 17.5. The fourth-order valence-electron chi connectivity index (χ4n) is 3.36. The summed E-state index contributed by atoms with van der Waals surface area (Å²) in [5, 5.41) is 6.75. The van der Waals surface area contributed by atoms with Crippen molar-refractivity contribution in [2.45, 2.75) is 13.0 Å². The van der Waals surface area contributed by atoms with Gasteiger partial charge in [-0.05, 0) is 47.9 Å². The monoisotopic (exact) mass is 452 g/mol. The zero-order valence-electron chi connectivity index (χ0n) is 15.2. The molecule has 3 aromatic rings. The molecule has 0 saturated carbocycles. The van der Waals surface area contributed by atoms with Crippen molar-refractivity contribution in [2.75, 3.05) is 0 Å². The highest BCUT2D eigenvalue weighted by atomic mass is 79.9. The Balaban J connectivity index is 1.94. The van der Waals surface area contributed by atoms with Gasteiger partial charge in [-0.1, -0.05) is 81.6 Å². The molecule has 0 aliphatic carbocycles. The topological polar surface area (TPSA) is 41.1 Å². The van der Waals surface area contributed by atoms with Gasteiger partial charge >= 0.3 is 6.03 Å². The normalized spacial score (nSPS) is 16.5. The number of amides is 2. The highest BCUT2D eigenvalue weighted by Crippen LogP contribution is 2.38. The van der Waals surface area contributed by atoms with Gasteiger partial charge in [0.1, 0.15) is 0 Å². The molecule has 5 heteroatoms. The first-order valence-corrected chi connectivity index (χ1v) is 10.1. The van der Waals surface area contributed by atoms with Gasteiger partial charge in [0.2, 0.25) is 0 Å². The third-order valence-corrected chi connectivity index (χ3v) is 5.55. The van der Waals surface area contributed by atoms with E-state index < -0.39 is 0 Å². The van der Waals surface area contributed by atoms with E-state index in [1.54, 1.807) is 0 Å². The Bertz CT molecular complexity index is 1040. The van der Waals surface area contributed by atoms with Crippen LogP contribution in [-0.4, -0.2) is 6.03 Å². The number of halogens is 2. The molecule has 140 valence electrons. The molecule has 3 nitrogen and oxygen atoms in total. The molecule has 1 aliphatic heterocycles. The summed E-state index contributed by atoms with van der Waals surface area (Å²) in [6, 6.07) is 23.3. The van der Waals surface area contributed by atoms with Gasteiger partial charge < -0.3 is 10.6 Å². The molecular formula is C23H18BrClN2O. The summed E-state index contributed by atoms with van der Waals surface area (Å²) in [6.45, 7) is 2.05. The molecule has 0 bridgehead atoms. The Labute approximate surface area is 177 Å². The largest absolute Gasteiger partial charge is 0.327 e. The first kappa shape index (κ1) is 18.8. The number of nitrogens with one attached hydrogen (secondary N) is 2. The van der Waals surface area contributed by atoms with Crippen LogP contribution in [0.5, 0.6) is 0 Å². The van der Waals surface area contributed by atoms with Crippen molar-refractivity contribution in [2.24, 2.45) is 0 Å². The molecule has 1 heterocycles. The fourth-order valence-corrected chi connectivity index (χ4v) is 3.75. The molecule has 0 saturated heterocycles. The summed E-state index contributed by atoms with van der Waals surface area (Å²) in [5.74, 6) is 0. The zero-order chi connectivity index (χ0) is 19.7. The number of aryl methyl sites for hydroxylation is 1. The molecule has 2 N–H and O–H groups in total. The summed E-state index contributed by atoms with van der Waals surface area (Å²) in [5.41, 5.74) is 5.97. The standard InChI is InChI=1S/C23H18BrClN2O/c1-14-2-4-16(5-3-14)21-20(15-6-10-18(24)11-7-15)22(27-23(28)26-21)17-8-12-19(25)13-9-17/h2-13,22H,1H3,(H2,26,27,28). The SMILES string of the molecule is Cc1ccc(C2=C(c3ccc(Br)cc3)C(c3ccc(Cl)cc3)NC(=O)N2)cc1. The van der Waals surface area contributed by atoms with Crippen LogP contribution < -0.4 is 10.6 Å². The van der Waals surface area contributed by atoms with Crippen LogP contribution in [0, 0.1) is 6.92 Å². The second-order valence-corrected chi connectivity index (χ2v) is 8.10. The first-order valence-electron chi connectivity index (χ1n) is 8.91. The number of hydrogen-bond acceptors (Lipinski definition) is 1. The van der Waals surface area contributed by atoms with E-state index in [1.165, 1.54) is 5.56 Å². The van der Waals surface area contributed by atoms with Crippen LogP contribution in [0.4, 0.5) is 4.79 Å². The van der Waals surface area contributed by atoms with Crippen LogP contribution >= 0.6 is 27.5 Å². The minimum absolute atomic E-state index is 0.226. The molecule has 3 aromatic carbocycles. The lowest BCUT2D eigenvalue weighted by Gasteiger charge is -2.31. The van der Waals surface area contributed by atoms with Gasteiger partial charge in [-0.3, -0.25) is 0 Å². The fraction of sp³-hybridized carbons (Fsp3) is 0.0870. The Morgan fingerprint density at radius 3 is 2.11 bits per heavy atom. The molecular weight excluding hydrogens is 436 g/mol. The quantitative estimate of drug-likeness (QED) is 0.478. The van der Waals surface area contributed by atoms with E-state index in [4.69, 9.17) is 11.6 Å². The lowest BCUT2D eigenvalue weighted by molar-refractivity contribution is 0.242. The van der Waals surface area contributed by atoms with Crippen molar-refractivity contribution < 1.29 is 4.79 Å². The number of carbonyl (C=O) groups excluding carboxylic acids is 1. The van der Waals surface area contributed by atoms with E-state index in [0.29, 0.717) is 5.02 Å². The summed E-state index contributed by atoms with van der Waals surface area (Å²) < 4.78 is 1.00. The van der Waals surface area contributed by atoms with E-state index in [0.717, 1.165) is 32.4 Å². The van der Waals surface area contributed by atoms with Gasteiger partial charge in [0, 0.05) is 15.1 Å². The molecule has 1 atom stereocenters. The van der Waals surface area contributed by atoms with Crippen LogP contribution in [0.1, 0.15) is 28.3 Å². The lowest BCUT2D eigenvalue weighted by atomic mass is 9.88. The number of urea groups is 1. The Morgan fingerprint density at radius 1 is 0.857 bits per heavy atom. The van der Waals surface area contributed by atoms with Crippen LogP contribution in [-0.2, 0) is 0 Å². The second-order valence-electron chi connectivity index (χ2n) is 6.74. The lowest BCUT2D eigenvalue weighted by Crippen LogP contribution is -2.42. The summed E-state index contributed by atoms with van der Waals surface area (Å²) in [4.78, 5) is 12.5. The number of carbonyl (C=O) groups is 1. The highest BCUT2D eigenvalue weighted by molar-refractivity contribution is 9.10. The van der Waals surface area contributed by atoms with Gasteiger partial charge in [-0.15, -0.1) is 0 Å². The van der Waals surface area contributed by atoms with Crippen molar-refractivity contribution in [1.82, 2.24) is 10.6 Å². The van der Waals surface area contributed by atoms with Gasteiger partial charge in [0.15, 0.2) is 0 Å². The maximum Gasteiger partial charge on any atom is 0.320 e. The minimum Gasteiger partial charge on any atom is -0.327 e. The number of benzene rings is 3. The molecule has 0 fully saturated rings. The number of rotatable bonds is 3. The highest BCUT2D eigenvalue weighted by Gasteiger charge is 2.30. The van der Waals surface area contributed by atoms with Gasteiger partial charge in [0.25, 0.3) is 0 Å². The van der Waals surface area contributed by atoms with Crippen LogP contribution in [0.3, 0.4) is 0 Å². The van der Waals surface area contributed by atoms with Crippen LogP contribution in [0.15, 0.2) is 77.3 Å². The molecule has 28 heavy (non-hydrogen) atoms. The van der Waals surface area contributed by atoms with Crippen molar-refractivity contribution in [3.8, 4) is 0 Å². The second kappa shape index (κ2) is 7.82. The van der Waals surface area contributed by atoms with Crippen molar-refractivity contribution >= 4 is 44.8 Å². The van der Waals surface area contributed by atoms with Crippen LogP contribution in [0.2, 0.25) is 5.02 Å². The first-order chi connectivity index (χ1) is 13.5. The van der Waals surface area contributed by atoms with E-state index in [2.05, 4.69) is 38.7 Å².